The second kappa shape index (κ2) is 7.91. The summed E-state index contributed by atoms with van der Waals surface area (Å²) in [6, 6.07) is 17.5. The van der Waals surface area contributed by atoms with Crippen molar-refractivity contribution in [3.8, 4) is 17.1 Å². The van der Waals surface area contributed by atoms with Crippen molar-refractivity contribution in [2.45, 2.75) is 26.7 Å². The highest BCUT2D eigenvalue weighted by atomic mass is 16.5. The van der Waals surface area contributed by atoms with Gasteiger partial charge in [0.15, 0.2) is 0 Å². The molecule has 3 rings (SSSR count). The van der Waals surface area contributed by atoms with Crippen LogP contribution < -0.4 is 10.1 Å². The van der Waals surface area contributed by atoms with E-state index in [0.29, 0.717) is 12.8 Å². The van der Waals surface area contributed by atoms with Gasteiger partial charge in [-0.05, 0) is 61.4 Å². The van der Waals surface area contributed by atoms with Crippen LogP contribution in [-0.2, 0) is 11.2 Å². The monoisotopic (exact) mass is 349 g/mol. The number of hydrogen-bond acceptors (Lipinski definition) is 3. The van der Waals surface area contributed by atoms with Gasteiger partial charge in [0.2, 0.25) is 5.91 Å². The molecule has 0 bridgehead atoms. The molecule has 0 unspecified atom stereocenters. The lowest BCUT2D eigenvalue weighted by atomic mass is 10.1. The molecular weight excluding hydrogens is 326 g/mol. The number of anilines is 1. The summed E-state index contributed by atoms with van der Waals surface area (Å²) in [6.07, 6.45) is 0.941. The summed E-state index contributed by atoms with van der Waals surface area (Å²) >= 11 is 0. The molecule has 1 amide bonds. The van der Waals surface area contributed by atoms with Gasteiger partial charge in [-0.1, -0.05) is 18.2 Å². The van der Waals surface area contributed by atoms with Gasteiger partial charge >= 0.3 is 0 Å². The van der Waals surface area contributed by atoms with Crippen LogP contribution in [0.4, 0.5) is 5.69 Å². The fourth-order valence-corrected chi connectivity index (χ4v) is 2.87. The number of carbonyl (C=O) groups excluding carboxylic acids is 1. The fraction of sp³-hybridized carbons (Fsp3) is 0.227. The number of aryl methyl sites for hydroxylation is 3. The zero-order valence-corrected chi connectivity index (χ0v) is 15.3. The Labute approximate surface area is 153 Å². The molecule has 3 aromatic rings. The first-order valence-electron chi connectivity index (χ1n) is 8.66. The quantitative estimate of drug-likeness (QED) is 0.670. The number of hydrogen-bond donors (Lipinski definition) is 1. The van der Waals surface area contributed by atoms with Gasteiger partial charge in [0, 0.05) is 24.1 Å². The standard InChI is InChI=1S/C22H23NO3/c1-15-5-4-6-16(2)22(15)23-21(24)14-12-19-11-13-20(26-19)17-7-9-18(25-3)10-8-17/h4-11,13H,12,14H2,1-3H3,(H,23,24). The van der Waals surface area contributed by atoms with E-state index in [2.05, 4.69) is 5.32 Å². The van der Waals surface area contributed by atoms with Gasteiger partial charge < -0.3 is 14.5 Å². The van der Waals surface area contributed by atoms with Gasteiger partial charge in [-0.3, -0.25) is 4.79 Å². The van der Waals surface area contributed by atoms with Crippen molar-refractivity contribution in [1.82, 2.24) is 0 Å². The Hall–Kier alpha value is -3.01. The molecular formula is C22H23NO3. The molecule has 0 spiro atoms. The third-order valence-electron chi connectivity index (χ3n) is 4.38. The van der Waals surface area contributed by atoms with Crippen molar-refractivity contribution >= 4 is 11.6 Å². The fourth-order valence-electron chi connectivity index (χ4n) is 2.87. The second-order valence-electron chi connectivity index (χ2n) is 6.31. The highest BCUT2D eigenvalue weighted by Gasteiger charge is 2.10. The smallest absolute Gasteiger partial charge is 0.224 e. The van der Waals surface area contributed by atoms with E-state index in [1.165, 1.54) is 0 Å². The molecule has 0 aliphatic rings. The molecule has 0 aliphatic heterocycles. The summed E-state index contributed by atoms with van der Waals surface area (Å²) in [6.45, 7) is 3.99. The Bertz CT molecular complexity index is 874. The molecule has 134 valence electrons. The maximum atomic E-state index is 12.3. The molecule has 0 saturated carbocycles. The lowest BCUT2D eigenvalue weighted by Crippen LogP contribution is -2.14. The largest absolute Gasteiger partial charge is 0.497 e. The molecule has 1 aromatic heterocycles. The Balaban J connectivity index is 1.60. The molecule has 0 radical (unpaired) electrons. The number of carbonyl (C=O) groups is 1. The zero-order valence-electron chi connectivity index (χ0n) is 15.3. The number of methoxy groups -OCH3 is 1. The molecule has 0 fully saturated rings. The summed E-state index contributed by atoms with van der Waals surface area (Å²) in [7, 11) is 1.64. The van der Waals surface area contributed by atoms with Crippen LogP contribution >= 0.6 is 0 Å². The average Bonchev–Trinajstić information content (AvgIpc) is 3.12. The molecule has 1 heterocycles. The molecule has 4 heteroatoms. The predicted octanol–water partition coefficient (Wildman–Crippen LogP) is 5.14. The van der Waals surface area contributed by atoms with E-state index in [1.54, 1.807) is 7.11 Å². The number of para-hydroxylation sites is 1. The van der Waals surface area contributed by atoms with Crippen LogP contribution in [0.2, 0.25) is 0 Å². The lowest BCUT2D eigenvalue weighted by Gasteiger charge is -2.11. The van der Waals surface area contributed by atoms with E-state index in [1.807, 2.05) is 68.4 Å². The summed E-state index contributed by atoms with van der Waals surface area (Å²) in [5.74, 6) is 2.39. The number of furan rings is 1. The molecule has 2 aromatic carbocycles. The van der Waals surface area contributed by atoms with Crippen molar-refractivity contribution in [3.05, 3.63) is 71.5 Å². The van der Waals surface area contributed by atoms with Crippen molar-refractivity contribution in [1.29, 1.82) is 0 Å². The second-order valence-corrected chi connectivity index (χ2v) is 6.31. The van der Waals surface area contributed by atoms with Crippen LogP contribution in [-0.4, -0.2) is 13.0 Å². The summed E-state index contributed by atoms with van der Waals surface area (Å²) in [4.78, 5) is 12.3. The van der Waals surface area contributed by atoms with Crippen LogP contribution in [0.3, 0.4) is 0 Å². The predicted molar refractivity (Wildman–Crippen MR) is 104 cm³/mol. The van der Waals surface area contributed by atoms with Gasteiger partial charge in [-0.25, -0.2) is 0 Å². The Morgan fingerprint density at radius 2 is 1.69 bits per heavy atom. The molecule has 26 heavy (non-hydrogen) atoms. The minimum atomic E-state index is -0.00945. The Morgan fingerprint density at radius 1 is 1.00 bits per heavy atom. The van der Waals surface area contributed by atoms with Crippen molar-refractivity contribution < 1.29 is 13.9 Å². The van der Waals surface area contributed by atoms with E-state index in [0.717, 1.165) is 39.6 Å². The van der Waals surface area contributed by atoms with E-state index >= 15 is 0 Å². The molecule has 0 saturated heterocycles. The number of amides is 1. The highest BCUT2D eigenvalue weighted by molar-refractivity contribution is 5.92. The van der Waals surface area contributed by atoms with Gasteiger partial charge in [0.1, 0.15) is 17.3 Å². The average molecular weight is 349 g/mol. The van der Waals surface area contributed by atoms with Gasteiger partial charge in [-0.2, -0.15) is 0 Å². The van der Waals surface area contributed by atoms with E-state index in [-0.39, 0.29) is 5.91 Å². The Kier molecular flexibility index (Phi) is 5.42. The third-order valence-corrected chi connectivity index (χ3v) is 4.38. The van der Waals surface area contributed by atoms with Gasteiger partial charge in [0.05, 0.1) is 7.11 Å². The number of benzene rings is 2. The summed E-state index contributed by atoms with van der Waals surface area (Å²) in [5, 5.41) is 3.01. The summed E-state index contributed by atoms with van der Waals surface area (Å²) in [5.41, 5.74) is 4.02. The molecule has 4 nitrogen and oxygen atoms in total. The number of rotatable bonds is 6. The molecule has 1 N–H and O–H groups in total. The van der Waals surface area contributed by atoms with Gasteiger partial charge in [-0.15, -0.1) is 0 Å². The molecule has 0 atom stereocenters. The van der Waals surface area contributed by atoms with Crippen molar-refractivity contribution in [2.24, 2.45) is 0 Å². The van der Waals surface area contributed by atoms with Crippen LogP contribution in [0.25, 0.3) is 11.3 Å². The first kappa shape index (κ1) is 17.8. The van der Waals surface area contributed by atoms with E-state index in [4.69, 9.17) is 9.15 Å². The maximum Gasteiger partial charge on any atom is 0.224 e. The SMILES string of the molecule is COc1ccc(-c2ccc(CCC(=O)Nc3c(C)cccc3C)o2)cc1. The third kappa shape index (κ3) is 4.14. The minimum absolute atomic E-state index is 0.00945. The number of nitrogens with one attached hydrogen (secondary N) is 1. The first-order valence-corrected chi connectivity index (χ1v) is 8.66. The van der Waals surface area contributed by atoms with E-state index in [9.17, 15) is 4.79 Å². The number of ether oxygens (including phenoxy) is 1. The van der Waals surface area contributed by atoms with Crippen LogP contribution in [0.15, 0.2) is 59.0 Å². The topological polar surface area (TPSA) is 51.5 Å². The highest BCUT2D eigenvalue weighted by Crippen LogP contribution is 2.25. The lowest BCUT2D eigenvalue weighted by molar-refractivity contribution is -0.116. The zero-order chi connectivity index (χ0) is 18.5. The Morgan fingerprint density at radius 3 is 2.35 bits per heavy atom. The maximum absolute atomic E-state index is 12.3. The van der Waals surface area contributed by atoms with Crippen LogP contribution in [0.1, 0.15) is 23.3 Å². The van der Waals surface area contributed by atoms with Crippen LogP contribution in [0.5, 0.6) is 5.75 Å². The minimum Gasteiger partial charge on any atom is -0.497 e. The van der Waals surface area contributed by atoms with Crippen molar-refractivity contribution in [3.63, 3.8) is 0 Å². The molecule has 0 aliphatic carbocycles. The van der Waals surface area contributed by atoms with Crippen molar-refractivity contribution in [2.75, 3.05) is 12.4 Å². The van der Waals surface area contributed by atoms with Gasteiger partial charge in [0.25, 0.3) is 0 Å². The normalized spacial score (nSPS) is 10.6. The summed E-state index contributed by atoms with van der Waals surface area (Å²) < 4.78 is 11.0. The van der Waals surface area contributed by atoms with E-state index < -0.39 is 0 Å². The first-order chi connectivity index (χ1) is 12.6. The van der Waals surface area contributed by atoms with Crippen LogP contribution in [0, 0.1) is 13.8 Å².